The molecule has 0 aliphatic heterocycles. The molecule has 3 nitrogen and oxygen atoms in total. The van der Waals surface area contributed by atoms with Gasteiger partial charge < -0.3 is 14.5 Å². The van der Waals surface area contributed by atoms with Crippen LogP contribution in [0.5, 0.6) is 5.75 Å². The minimum Gasteiger partial charge on any atom is -0.497 e. The lowest BCUT2D eigenvalue weighted by Crippen LogP contribution is -2.15. The molecule has 11 rings (SSSR count). The van der Waals surface area contributed by atoms with Gasteiger partial charge in [0, 0.05) is 33.9 Å². The fourth-order valence-corrected chi connectivity index (χ4v) is 9.39. The summed E-state index contributed by atoms with van der Waals surface area (Å²) in [6, 6.07) is 102. The van der Waals surface area contributed by atoms with E-state index in [1.165, 1.54) is 22.3 Å². The molecule has 0 atom stereocenters. The Morgan fingerprint density at radius 1 is 0.229 bits per heavy atom. The van der Waals surface area contributed by atoms with Crippen molar-refractivity contribution >= 4 is 34.1 Å². The second kappa shape index (κ2) is 20.0. The van der Waals surface area contributed by atoms with Crippen molar-refractivity contribution in [1.29, 1.82) is 0 Å². The van der Waals surface area contributed by atoms with E-state index in [0.29, 0.717) is 0 Å². The number of ether oxygens (including phenoxy) is 1. The molecule has 3 heteroatoms. The van der Waals surface area contributed by atoms with Crippen molar-refractivity contribution in [3.8, 4) is 72.5 Å². The Kier molecular flexibility index (Phi) is 12.4. The number of benzene rings is 11. The molecule has 0 heterocycles. The van der Waals surface area contributed by atoms with Gasteiger partial charge in [-0.05, 0) is 128 Å². The molecule has 0 aromatic heterocycles. The van der Waals surface area contributed by atoms with Crippen LogP contribution in [-0.2, 0) is 0 Å². The first-order valence-corrected chi connectivity index (χ1v) is 23.8. The maximum Gasteiger partial charge on any atom is 0.118 e. The maximum absolute atomic E-state index is 5.71. The van der Waals surface area contributed by atoms with Crippen LogP contribution in [0, 0.1) is 0 Å². The number of hydrogen-bond acceptors (Lipinski definition) is 3. The van der Waals surface area contributed by atoms with Crippen LogP contribution in [-0.4, -0.2) is 7.11 Å². The summed E-state index contributed by atoms with van der Waals surface area (Å²) in [5.74, 6) is 0.805. The number of rotatable bonds is 13. The molecule has 0 radical (unpaired) electrons. The van der Waals surface area contributed by atoms with Crippen LogP contribution < -0.4 is 14.5 Å². The molecule has 70 heavy (non-hydrogen) atoms. The van der Waals surface area contributed by atoms with E-state index < -0.39 is 0 Å². The number of hydrogen-bond donors (Lipinski definition) is 0. The molecule has 11 aromatic rings. The zero-order valence-electron chi connectivity index (χ0n) is 38.9. The third-order valence-corrected chi connectivity index (χ3v) is 13.0. The summed E-state index contributed by atoms with van der Waals surface area (Å²) >= 11 is 0. The van der Waals surface area contributed by atoms with Gasteiger partial charge in [0.05, 0.1) is 18.5 Å². The van der Waals surface area contributed by atoms with Gasteiger partial charge in [-0.3, -0.25) is 0 Å². The van der Waals surface area contributed by atoms with E-state index in [9.17, 15) is 0 Å². The minimum absolute atomic E-state index is 0.805. The summed E-state index contributed by atoms with van der Waals surface area (Å²) in [6.07, 6.45) is 0. The third kappa shape index (κ3) is 9.12. The second-order valence-corrected chi connectivity index (χ2v) is 17.3. The van der Waals surface area contributed by atoms with E-state index in [2.05, 4.69) is 295 Å². The molecule has 0 N–H and O–H groups in total. The van der Waals surface area contributed by atoms with Crippen molar-refractivity contribution in [2.45, 2.75) is 0 Å². The van der Waals surface area contributed by atoms with Crippen molar-refractivity contribution in [3.63, 3.8) is 0 Å². The van der Waals surface area contributed by atoms with Gasteiger partial charge in [-0.1, -0.05) is 212 Å². The van der Waals surface area contributed by atoms with Crippen LogP contribution in [0.15, 0.2) is 285 Å². The van der Waals surface area contributed by atoms with Crippen molar-refractivity contribution in [3.05, 3.63) is 285 Å². The third-order valence-electron chi connectivity index (χ3n) is 13.0. The monoisotopic (exact) mass is 898 g/mol. The highest BCUT2D eigenvalue weighted by Crippen LogP contribution is 2.50. The molecule has 0 fully saturated rings. The van der Waals surface area contributed by atoms with Crippen molar-refractivity contribution in [2.75, 3.05) is 16.9 Å². The Bertz CT molecular complexity index is 3270. The number of nitrogens with zero attached hydrogens (tertiary/aromatic N) is 2. The van der Waals surface area contributed by atoms with E-state index in [-0.39, 0.29) is 0 Å². The molecule has 0 saturated carbocycles. The molecule has 0 spiro atoms. The van der Waals surface area contributed by atoms with Gasteiger partial charge >= 0.3 is 0 Å². The van der Waals surface area contributed by atoms with Gasteiger partial charge in [0.2, 0.25) is 0 Å². The van der Waals surface area contributed by atoms with Gasteiger partial charge in [0.25, 0.3) is 0 Å². The minimum atomic E-state index is 0.805. The van der Waals surface area contributed by atoms with Gasteiger partial charge in [-0.15, -0.1) is 0 Å². The van der Waals surface area contributed by atoms with Crippen LogP contribution in [0.2, 0.25) is 0 Å². The summed E-state index contributed by atoms with van der Waals surface area (Å²) in [6.45, 7) is 0. The first kappa shape index (κ1) is 43.4. The standard InChI is InChI=1S/C67H50N2O/c1-70-63-45-35-58(36-46-63)65-47-64(57-25-15-6-16-26-57)66(68(59-37-27-53(28-38-59)49-17-7-2-8-18-49)60-39-29-54(30-40-60)50-19-9-3-10-20-50)48-67(65)69(61-41-31-55(32-42-61)51-21-11-4-12-22-51)62-43-33-56(34-44-62)52-23-13-5-14-24-52/h2-48H,1H3. The Labute approximate surface area is 411 Å². The van der Waals surface area contributed by atoms with E-state index in [1.807, 2.05) is 0 Å². The van der Waals surface area contributed by atoms with Gasteiger partial charge in [0.15, 0.2) is 0 Å². The van der Waals surface area contributed by atoms with Crippen LogP contribution in [0.3, 0.4) is 0 Å². The van der Waals surface area contributed by atoms with Gasteiger partial charge in [-0.25, -0.2) is 0 Å². The first-order valence-electron chi connectivity index (χ1n) is 23.8. The molecule has 0 amide bonds. The van der Waals surface area contributed by atoms with Gasteiger partial charge in [-0.2, -0.15) is 0 Å². The predicted octanol–water partition coefficient (Wildman–Crippen LogP) is 18.6. The Morgan fingerprint density at radius 3 is 0.729 bits per heavy atom. The molecule has 0 unspecified atom stereocenters. The summed E-state index contributed by atoms with van der Waals surface area (Å²) in [7, 11) is 1.72. The van der Waals surface area contributed by atoms with Crippen molar-refractivity contribution in [1.82, 2.24) is 0 Å². The van der Waals surface area contributed by atoms with E-state index in [1.54, 1.807) is 7.11 Å². The van der Waals surface area contributed by atoms with E-state index >= 15 is 0 Å². The molecule has 0 aliphatic carbocycles. The molecule has 0 aliphatic rings. The molecule has 11 aromatic carbocycles. The zero-order chi connectivity index (χ0) is 47.1. The first-order chi connectivity index (χ1) is 34.7. The van der Waals surface area contributed by atoms with Crippen LogP contribution in [0.25, 0.3) is 66.8 Å². The van der Waals surface area contributed by atoms with E-state index in [0.717, 1.165) is 84.4 Å². The van der Waals surface area contributed by atoms with Crippen LogP contribution in [0.4, 0.5) is 34.1 Å². The molecule has 334 valence electrons. The lowest BCUT2D eigenvalue weighted by molar-refractivity contribution is 0.415. The van der Waals surface area contributed by atoms with Gasteiger partial charge in [0.1, 0.15) is 5.75 Å². The van der Waals surface area contributed by atoms with Crippen molar-refractivity contribution in [2.24, 2.45) is 0 Å². The molecule has 0 saturated heterocycles. The van der Waals surface area contributed by atoms with Crippen molar-refractivity contribution < 1.29 is 4.74 Å². The zero-order valence-corrected chi connectivity index (χ0v) is 38.9. The average molecular weight is 899 g/mol. The van der Waals surface area contributed by atoms with Crippen LogP contribution >= 0.6 is 0 Å². The summed E-state index contributed by atoms with van der Waals surface area (Å²) < 4.78 is 5.71. The largest absolute Gasteiger partial charge is 0.497 e. The smallest absolute Gasteiger partial charge is 0.118 e. The SMILES string of the molecule is COc1ccc(-c2cc(-c3ccccc3)c(N(c3ccc(-c4ccccc4)cc3)c3ccc(-c4ccccc4)cc3)cc2N(c2ccc(-c3ccccc3)cc2)c2ccc(-c3ccccc3)cc2)cc1. The molecule has 0 bridgehead atoms. The Hall–Kier alpha value is -9.18. The number of methoxy groups -OCH3 is 1. The normalized spacial score (nSPS) is 10.9. The average Bonchev–Trinajstić information content (AvgIpc) is 3.45. The summed E-state index contributed by atoms with van der Waals surface area (Å²) in [5, 5.41) is 0. The van der Waals surface area contributed by atoms with E-state index in [4.69, 9.17) is 4.74 Å². The lowest BCUT2D eigenvalue weighted by atomic mass is 9.93. The summed E-state index contributed by atoms with van der Waals surface area (Å²) in [4.78, 5) is 4.83. The predicted molar refractivity (Wildman–Crippen MR) is 295 cm³/mol. The highest BCUT2D eigenvalue weighted by molar-refractivity contribution is 5.99. The Morgan fingerprint density at radius 2 is 0.457 bits per heavy atom. The quantitative estimate of drug-likeness (QED) is 0.115. The highest BCUT2D eigenvalue weighted by Gasteiger charge is 2.25. The highest BCUT2D eigenvalue weighted by atomic mass is 16.5. The Balaban J connectivity index is 1.18. The molecular formula is C67H50N2O. The fraction of sp³-hybridized carbons (Fsp3) is 0.0149. The molecular weight excluding hydrogens is 849 g/mol. The second-order valence-electron chi connectivity index (χ2n) is 17.3. The summed E-state index contributed by atoms with van der Waals surface area (Å²) in [5.41, 5.74) is 19.9. The number of anilines is 6. The maximum atomic E-state index is 5.71. The lowest BCUT2D eigenvalue weighted by Gasteiger charge is -2.33. The van der Waals surface area contributed by atoms with Crippen LogP contribution in [0.1, 0.15) is 0 Å². The fourth-order valence-electron chi connectivity index (χ4n) is 9.39. The topological polar surface area (TPSA) is 15.7 Å².